The van der Waals surface area contributed by atoms with Crippen LogP contribution in [0.5, 0.6) is 0 Å². The molecule has 0 amide bonds. The van der Waals surface area contributed by atoms with E-state index in [1.165, 1.54) is 0 Å². The first kappa shape index (κ1) is 14.1. The van der Waals surface area contributed by atoms with Crippen LogP contribution in [0.4, 0.5) is 11.6 Å². The molecule has 0 fully saturated rings. The third-order valence-electron chi connectivity index (χ3n) is 2.62. The van der Waals surface area contributed by atoms with E-state index in [1.54, 1.807) is 0 Å². The molecule has 0 saturated carbocycles. The SMILES string of the molecule is CCc1nc(N)c(C)c(NCC(C)CSC)n1. The van der Waals surface area contributed by atoms with Crippen molar-refractivity contribution in [3.8, 4) is 0 Å². The normalized spacial score (nSPS) is 12.5. The number of rotatable bonds is 6. The summed E-state index contributed by atoms with van der Waals surface area (Å²) >= 11 is 1.86. The van der Waals surface area contributed by atoms with Gasteiger partial charge in [0.2, 0.25) is 0 Å². The van der Waals surface area contributed by atoms with Crippen molar-refractivity contribution in [1.82, 2.24) is 9.97 Å². The number of anilines is 2. The monoisotopic (exact) mass is 254 g/mol. The summed E-state index contributed by atoms with van der Waals surface area (Å²) < 4.78 is 0. The van der Waals surface area contributed by atoms with Crippen molar-refractivity contribution >= 4 is 23.4 Å². The molecule has 0 saturated heterocycles. The van der Waals surface area contributed by atoms with E-state index < -0.39 is 0 Å². The van der Waals surface area contributed by atoms with Crippen LogP contribution in [0, 0.1) is 12.8 Å². The molecule has 0 bridgehead atoms. The molecule has 0 aromatic carbocycles. The first-order chi connectivity index (χ1) is 8.08. The number of thioether (sulfide) groups is 1. The van der Waals surface area contributed by atoms with Crippen molar-refractivity contribution in [2.75, 3.05) is 29.6 Å². The highest BCUT2D eigenvalue weighted by Gasteiger charge is 2.08. The summed E-state index contributed by atoms with van der Waals surface area (Å²) in [5, 5.41) is 3.37. The maximum absolute atomic E-state index is 5.87. The summed E-state index contributed by atoms with van der Waals surface area (Å²) in [5.41, 5.74) is 6.81. The number of hydrogen-bond donors (Lipinski definition) is 2. The lowest BCUT2D eigenvalue weighted by Gasteiger charge is -2.14. The molecule has 1 aromatic heterocycles. The van der Waals surface area contributed by atoms with Gasteiger partial charge in [0.1, 0.15) is 17.5 Å². The van der Waals surface area contributed by atoms with Crippen LogP contribution in [0.15, 0.2) is 0 Å². The number of aromatic nitrogens is 2. The maximum Gasteiger partial charge on any atom is 0.134 e. The van der Waals surface area contributed by atoms with Gasteiger partial charge in [-0.3, -0.25) is 0 Å². The Balaban J connectivity index is 2.72. The maximum atomic E-state index is 5.87. The van der Waals surface area contributed by atoms with E-state index in [9.17, 15) is 0 Å². The topological polar surface area (TPSA) is 63.8 Å². The zero-order valence-corrected chi connectivity index (χ0v) is 11.9. The summed E-state index contributed by atoms with van der Waals surface area (Å²) in [7, 11) is 0. The van der Waals surface area contributed by atoms with Crippen molar-refractivity contribution in [3.05, 3.63) is 11.4 Å². The van der Waals surface area contributed by atoms with Crippen LogP contribution in [0.2, 0.25) is 0 Å². The first-order valence-electron chi connectivity index (χ1n) is 5.94. The molecule has 0 radical (unpaired) electrons. The van der Waals surface area contributed by atoms with E-state index in [-0.39, 0.29) is 0 Å². The fourth-order valence-corrected chi connectivity index (χ4v) is 2.21. The largest absolute Gasteiger partial charge is 0.383 e. The van der Waals surface area contributed by atoms with Crippen molar-refractivity contribution in [1.29, 1.82) is 0 Å². The van der Waals surface area contributed by atoms with Gasteiger partial charge in [0.25, 0.3) is 0 Å². The molecule has 0 aliphatic rings. The molecule has 3 N–H and O–H groups in total. The minimum absolute atomic E-state index is 0.580. The summed E-state index contributed by atoms with van der Waals surface area (Å²) in [6.45, 7) is 7.13. The molecule has 1 atom stereocenters. The van der Waals surface area contributed by atoms with E-state index in [4.69, 9.17) is 5.73 Å². The predicted octanol–water partition coefficient (Wildman–Crippen LogP) is 2.34. The van der Waals surface area contributed by atoms with Crippen LogP contribution < -0.4 is 11.1 Å². The van der Waals surface area contributed by atoms with E-state index in [0.717, 1.165) is 35.9 Å². The minimum atomic E-state index is 0.580. The Kier molecular flexibility index (Phi) is 5.55. The van der Waals surface area contributed by atoms with Gasteiger partial charge < -0.3 is 11.1 Å². The third-order valence-corrected chi connectivity index (χ3v) is 3.52. The lowest BCUT2D eigenvalue weighted by molar-refractivity contribution is 0.698. The first-order valence-corrected chi connectivity index (χ1v) is 7.33. The van der Waals surface area contributed by atoms with Crippen molar-refractivity contribution in [2.24, 2.45) is 5.92 Å². The van der Waals surface area contributed by atoms with Gasteiger partial charge in [0.15, 0.2) is 0 Å². The second kappa shape index (κ2) is 6.69. The standard InChI is InChI=1S/C12H22N4S/c1-5-10-15-11(13)9(3)12(16-10)14-6-8(2)7-17-4/h8H,5-7H2,1-4H3,(H3,13,14,15,16). The second-order valence-corrected chi connectivity index (χ2v) is 5.20. The summed E-state index contributed by atoms with van der Waals surface area (Å²) in [4.78, 5) is 8.71. The van der Waals surface area contributed by atoms with Gasteiger partial charge in [-0.25, -0.2) is 9.97 Å². The number of nitrogens with one attached hydrogen (secondary N) is 1. The number of hydrogen-bond acceptors (Lipinski definition) is 5. The molecule has 96 valence electrons. The molecular formula is C12H22N4S. The van der Waals surface area contributed by atoms with E-state index in [1.807, 2.05) is 25.6 Å². The van der Waals surface area contributed by atoms with Crippen LogP contribution in [0.3, 0.4) is 0 Å². The Morgan fingerprint density at radius 1 is 1.41 bits per heavy atom. The van der Waals surface area contributed by atoms with Crippen molar-refractivity contribution in [2.45, 2.75) is 27.2 Å². The number of nitrogens with two attached hydrogens (primary N) is 1. The zero-order valence-electron chi connectivity index (χ0n) is 11.1. The molecule has 1 rings (SSSR count). The molecule has 5 heteroatoms. The van der Waals surface area contributed by atoms with Crippen molar-refractivity contribution < 1.29 is 0 Å². The quantitative estimate of drug-likeness (QED) is 0.816. The van der Waals surface area contributed by atoms with Gasteiger partial charge in [-0.05, 0) is 24.9 Å². The molecular weight excluding hydrogens is 232 g/mol. The summed E-state index contributed by atoms with van der Waals surface area (Å²) in [6, 6.07) is 0. The lowest BCUT2D eigenvalue weighted by atomic mass is 10.2. The number of aryl methyl sites for hydroxylation is 1. The van der Waals surface area contributed by atoms with Crippen LogP contribution in [-0.4, -0.2) is 28.5 Å². The van der Waals surface area contributed by atoms with Gasteiger partial charge in [-0.1, -0.05) is 13.8 Å². The fraction of sp³-hybridized carbons (Fsp3) is 0.667. The fourth-order valence-electron chi connectivity index (χ4n) is 1.53. The average molecular weight is 254 g/mol. The second-order valence-electron chi connectivity index (χ2n) is 4.29. The van der Waals surface area contributed by atoms with Crippen molar-refractivity contribution in [3.63, 3.8) is 0 Å². The number of nitrogens with zero attached hydrogens (tertiary/aromatic N) is 2. The molecule has 0 aliphatic carbocycles. The molecule has 0 spiro atoms. The molecule has 0 aliphatic heterocycles. The zero-order chi connectivity index (χ0) is 12.8. The Labute approximate surface area is 108 Å². The van der Waals surface area contributed by atoms with Gasteiger partial charge in [-0.2, -0.15) is 11.8 Å². The van der Waals surface area contributed by atoms with Crippen LogP contribution in [-0.2, 0) is 6.42 Å². The Morgan fingerprint density at radius 2 is 2.12 bits per heavy atom. The highest BCUT2D eigenvalue weighted by molar-refractivity contribution is 7.98. The van der Waals surface area contributed by atoms with Gasteiger partial charge in [0, 0.05) is 18.5 Å². The van der Waals surface area contributed by atoms with Gasteiger partial charge in [0.05, 0.1) is 0 Å². The molecule has 17 heavy (non-hydrogen) atoms. The number of nitrogen functional groups attached to an aromatic ring is 1. The molecule has 4 nitrogen and oxygen atoms in total. The van der Waals surface area contributed by atoms with Crippen LogP contribution in [0.1, 0.15) is 25.2 Å². The summed E-state index contributed by atoms with van der Waals surface area (Å²) in [6.07, 6.45) is 2.93. The lowest BCUT2D eigenvalue weighted by Crippen LogP contribution is -2.16. The Bertz CT molecular complexity index is 368. The third kappa shape index (κ3) is 4.07. The van der Waals surface area contributed by atoms with E-state index in [0.29, 0.717) is 11.7 Å². The molecule has 1 heterocycles. The van der Waals surface area contributed by atoms with Crippen LogP contribution >= 0.6 is 11.8 Å². The average Bonchev–Trinajstić information content (AvgIpc) is 2.31. The minimum Gasteiger partial charge on any atom is -0.383 e. The highest BCUT2D eigenvalue weighted by Crippen LogP contribution is 2.18. The highest BCUT2D eigenvalue weighted by atomic mass is 32.2. The smallest absolute Gasteiger partial charge is 0.134 e. The Hall–Kier alpha value is -0.970. The molecule has 1 aromatic rings. The Morgan fingerprint density at radius 3 is 2.71 bits per heavy atom. The van der Waals surface area contributed by atoms with E-state index >= 15 is 0 Å². The van der Waals surface area contributed by atoms with E-state index in [2.05, 4.69) is 28.5 Å². The summed E-state index contributed by atoms with van der Waals surface area (Å²) in [5.74, 6) is 4.02. The molecule has 1 unspecified atom stereocenters. The predicted molar refractivity (Wildman–Crippen MR) is 76.6 cm³/mol. The van der Waals surface area contributed by atoms with Gasteiger partial charge >= 0.3 is 0 Å². The van der Waals surface area contributed by atoms with Gasteiger partial charge in [-0.15, -0.1) is 0 Å². The van der Waals surface area contributed by atoms with Crippen LogP contribution in [0.25, 0.3) is 0 Å².